The molecule has 3 aliphatic carbocycles. The number of phenols is 1. The Bertz CT molecular complexity index is 692. The molecule has 0 radical (unpaired) electrons. The molecular formula is C23H34O2. The molecule has 1 N–H and O–H groups in total. The standard InChI is InChI=1S/C23H34O2/c1-21(2)10-6-11-22(3)18(21)9-12-23(4)19(22)13-16-17(24)8-7-15(14-25-5)20(16)23/h7-8,18-19,24H,6,9-14H2,1-5H3/t18-,19+,22-,23-/m0/s1. The predicted octanol–water partition coefficient (Wildman–Crippen LogP) is 5.60. The molecule has 25 heavy (non-hydrogen) atoms. The van der Waals surface area contributed by atoms with Gasteiger partial charge >= 0.3 is 0 Å². The van der Waals surface area contributed by atoms with E-state index in [1.54, 1.807) is 7.11 Å². The number of phenolic OH excluding ortho intramolecular Hbond substituents is 1. The van der Waals surface area contributed by atoms with Gasteiger partial charge in [0.25, 0.3) is 0 Å². The lowest BCUT2D eigenvalue weighted by atomic mass is 9.43. The van der Waals surface area contributed by atoms with Gasteiger partial charge in [0, 0.05) is 7.11 Å². The molecule has 0 aliphatic heterocycles. The van der Waals surface area contributed by atoms with Crippen LogP contribution in [0, 0.1) is 22.7 Å². The average molecular weight is 343 g/mol. The number of fused-ring (bicyclic) bond motifs is 5. The van der Waals surface area contributed by atoms with Gasteiger partial charge in [-0.2, -0.15) is 0 Å². The van der Waals surface area contributed by atoms with Gasteiger partial charge in [0.1, 0.15) is 5.75 Å². The number of aromatic hydroxyl groups is 1. The Kier molecular flexibility index (Phi) is 3.82. The van der Waals surface area contributed by atoms with E-state index in [1.165, 1.54) is 48.8 Å². The van der Waals surface area contributed by atoms with E-state index in [4.69, 9.17) is 4.74 Å². The van der Waals surface area contributed by atoms with Gasteiger partial charge in [0.15, 0.2) is 0 Å². The molecule has 138 valence electrons. The van der Waals surface area contributed by atoms with Crippen LogP contribution in [-0.4, -0.2) is 12.2 Å². The number of benzene rings is 1. The molecule has 0 spiro atoms. The van der Waals surface area contributed by atoms with Crippen molar-refractivity contribution >= 4 is 0 Å². The van der Waals surface area contributed by atoms with Crippen molar-refractivity contribution in [2.24, 2.45) is 22.7 Å². The smallest absolute Gasteiger partial charge is 0.119 e. The number of hydrogen-bond acceptors (Lipinski definition) is 2. The van der Waals surface area contributed by atoms with Crippen molar-refractivity contribution in [1.29, 1.82) is 0 Å². The zero-order valence-corrected chi connectivity index (χ0v) is 16.6. The highest BCUT2D eigenvalue weighted by Gasteiger charge is 2.61. The van der Waals surface area contributed by atoms with E-state index in [0.717, 1.165) is 12.3 Å². The Morgan fingerprint density at radius 1 is 1.08 bits per heavy atom. The molecule has 1 aromatic carbocycles. The fourth-order valence-electron chi connectivity index (χ4n) is 7.49. The first-order chi connectivity index (χ1) is 11.7. The fourth-order valence-corrected chi connectivity index (χ4v) is 7.49. The lowest BCUT2D eigenvalue weighted by Gasteiger charge is -2.61. The second kappa shape index (κ2) is 5.49. The van der Waals surface area contributed by atoms with Crippen molar-refractivity contribution in [3.05, 3.63) is 28.8 Å². The second-order valence-electron chi connectivity index (χ2n) is 10.1. The minimum absolute atomic E-state index is 0.181. The largest absolute Gasteiger partial charge is 0.508 e. The predicted molar refractivity (Wildman–Crippen MR) is 102 cm³/mol. The van der Waals surface area contributed by atoms with E-state index in [-0.39, 0.29) is 5.41 Å². The summed E-state index contributed by atoms with van der Waals surface area (Å²) in [6.07, 6.45) is 7.66. The van der Waals surface area contributed by atoms with Crippen LogP contribution in [-0.2, 0) is 23.2 Å². The van der Waals surface area contributed by atoms with Crippen LogP contribution in [0.3, 0.4) is 0 Å². The maximum atomic E-state index is 10.6. The van der Waals surface area contributed by atoms with Crippen LogP contribution in [0.5, 0.6) is 5.75 Å². The second-order valence-corrected chi connectivity index (χ2v) is 10.1. The van der Waals surface area contributed by atoms with E-state index < -0.39 is 0 Å². The number of methoxy groups -OCH3 is 1. The minimum atomic E-state index is 0.181. The lowest BCUT2D eigenvalue weighted by Crippen LogP contribution is -2.55. The first-order valence-electron chi connectivity index (χ1n) is 10.1. The van der Waals surface area contributed by atoms with Crippen molar-refractivity contribution in [1.82, 2.24) is 0 Å². The van der Waals surface area contributed by atoms with Crippen LogP contribution >= 0.6 is 0 Å². The van der Waals surface area contributed by atoms with Gasteiger partial charge in [-0.05, 0) is 82.9 Å². The van der Waals surface area contributed by atoms with Crippen molar-refractivity contribution in [3.63, 3.8) is 0 Å². The van der Waals surface area contributed by atoms with E-state index >= 15 is 0 Å². The third-order valence-electron chi connectivity index (χ3n) is 8.45. The molecule has 0 amide bonds. The average Bonchev–Trinajstić information content (AvgIpc) is 2.85. The molecule has 2 nitrogen and oxygen atoms in total. The molecule has 0 unspecified atom stereocenters. The van der Waals surface area contributed by atoms with Crippen molar-refractivity contribution < 1.29 is 9.84 Å². The Morgan fingerprint density at radius 2 is 1.84 bits per heavy atom. The first-order valence-corrected chi connectivity index (χ1v) is 10.1. The maximum absolute atomic E-state index is 10.6. The van der Waals surface area contributed by atoms with Crippen molar-refractivity contribution in [2.75, 3.05) is 7.11 Å². The number of hydrogen-bond donors (Lipinski definition) is 1. The third kappa shape index (κ3) is 2.25. The monoisotopic (exact) mass is 342 g/mol. The highest BCUT2D eigenvalue weighted by Crippen LogP contribution is 2.68. The minimum Gasteiger partial charge on any atom is -0.508 e. The van der Waals surface area contributed by atoms with Gasteiger partial charge in [-0.1, -0.05) is 40.2 Å². The lowest BCUT2D eigenvalue weighted by molar-refractivity contribution is -0.0985. The van der Waals surface area contributed by atoms with E-state index in [1.807, 2.05) is 6.07 Å². The molecular weight excluding hydrogens is 308 g/mol. The summed E-state index contributed by atoms with van der Waals surface area (Å²) in [6.45, 7) is 10.7. The number of ether oxygens (including phenoxy) is 1. The Morgan fingerprint density at radius 3 is 2.56 bits per heavy atom. The van der Waals surface area contributed by atoms with Crippen molar-refractivity contribution in [2.45, 2.75) is 78.2 Å². The van der Waals surface area contributed by atoms with Gasteiger partial charge in [-0.3, -0.25) is 0 Å². The van der Waals surface area contributed by atoms with Gasteiger partial charge in [-0.15, -0.1) is 0 Å². The SMILES string of the molecule is COCc1ccc(O)c2c1[C@@]1(C)CC[C@H]3C(C)(C)CCC[C@]3(C)[C@H]1C2. The summed E-state index contributed by atoms with van der Waals surface area (Å²) in [7, 11) is 1.77. The molecule has 0 bridgehead atoms. The molecule has 0 aromatic heterocycles. The molecule has 0 heterocycles. The number of rotatable bonds is 2. The van der Waals surface area contributed by atoms with Gasteiger partial charge in [-0.25, -0.2) is 0 Å². The Labute approximate surface area is 153 Å². The van der Waals surface area contributed by atoms with Crippen LogP contribution in [0.25, 0.3) is 0 Å². The summed E-state index contributed by atoms with van der Waals surface area (Å²) in [6, 6.07) is 3.98. The van der Waals surface area contributed by atoms with Crippen LogP contribution in [0.1, 0.15) is 76.5 Å². The molecule has 4 atom stereocenters. The van der Waals surface area contributed by atoms with E-state index in [9.17, 15) is 5.11 Å². The Balaban J connectivity index is 1.84. The summed E-state index contributed by atoms with van der Waals surface area (Å²) in [5, 5.41) is 10.6. The third-order valence-corrected chi connectivity index (χ3v) is 8.45. The summed E-state index contributed by atoms with van der Waals surface area (Å²) < 4.78 is 5.50. The van der Waals surface area contributed by atoms with Crippen molar-refractivity contribution in [3.8, 4) is 5.75 Å². The molecule has 1 aromatic rings. The van der Waals surface area contributed by atoms with E-state index in [2.05, 4.69) is 33.8 Å². The highest BCUT2D eigenvalue weighted by molar-refractivity contribution is 5.53. The summed E-state index contributed by atoms with van der Waals surface area (Å²) in [5.74, 6) is 1.94. The zero-order chi connectivity index (χ0) is 18.0. The van der Waals surface area contributed by atoms with Gasteiger partial charge in [0.2, 0.25) is 0 Å². The van der Waals surface area contributed by atoms with E-state index in [0.29, 0.717) is 29.1 Å². The summed E-state index contributed by atoms with van der Waals surface area (Å²) in [4.78, 5) is 0. The zero-order valence-electron chi connectivity index (χ0n) is 16.6. The quantitative estimate of drug-likeness (QED) is 0.758. The maximum Gasteiger partial charge on any atom is 0.119 e. The molecule has 4 rings (SSSR count). The van der Waals surface area contributed by atoms with Crippen LogP contribution < -0.4 is 0 Å². The van der Waals surface area contributed by atoms with Crippen LogP contribution in [0.2, 0.25) is 0 Å². The van der Waals surface area contributed by atoms with Crippen LogP contribution in [0.4, 0.5) is 0 Å². The summed E-state index contributed by atoms with van der Waals surface area (Å²) in [5.41, 5.74) is 4.93. The molecule has 2 fully saturated rings. The van der Waals surface area contributed by atoms with Gasteiger partial charge in [0.05, 0.1) is 6.61 Å². The highest BCUT2D eigenvalue weighted by atomic mass is 16.5. The molecule has 0 saturated heterocycles. The summed E-state index contributed by atoms with van der Waals surface area (Å²) >= 11 is 0. The fraction of sp³-hybridized carbons (Fsp3) is 0.739. The van der Waals surface area contributed by atoms with Gasteiger partial charge < -0.3 is 9.84 Å². The Hall–Kier alpha value is -1.02. The molecule has 2 saturated carbocycles. The first kappa shape index (κ1) is 17.4. The molecule has 2 heteroatoms. The van der Waals surface area contributed by atoms with Crippen LogP contribution in [0.15, 0.2) is 12.1 Å². The topological polar surface area (TPSA) is 29.5 Å². The normalized spacial score (nSPS) is 38.8. The molecule has 3 aliphatic rings.